The molecule has 12 heteroatoms. The van der Waals surface area contributed by atoms with E-state index in [1.807, 2.05) is 6.92 Å². The zero-order chi connectivity index (χ0) is 29.6. The highest BCUT2D eigenvalue weighted by atomic mass is 35.5. The van der Waals surface area contributed by atoms with Crippen molar-refractivity contribution in [2.75, 3.05) is 29.9 Å². The van der Waals surface area contributed by atoms with Crippen molar-refractivity contribution in [3.63, 3.8) is 0 Å². The molecule has 2 aliphatic rings. The molecule has 2 aromatic heterocycles. The molecule has 0 atom stereocenters. The fraction of sp³-hybridized carbons (Fsp3) is 0.414. The lowest BCUT2D eigenvalue weighted by Gasteiger charge is -2.37. The monoisotopic (exact) mass is 583 g/mol. The predicted octanol–water partition coefficient (Wildman–Crippen LogP) is 5.86. The Hall–Kier alpha value is -3.99. The Balaban J connectivity index is 1.46. The molecular weight excluding hydrogens is 553 g/mol. The van der Waals surface area contributed by atoms with Crippen LogP contribution in [0.1, 0.15) is 45.4 Å². The van der Waals surface area contributed by atoms with Gasteiger partial charge in [0, 0.05) is 42.4 Å². The average molecular weight is 584 g/mol. The smallest absolute Gasteiger partial charge is 0.414 e. The highest BCUT2D eigenvalue weighted by Crippen LogP contribution is 2.40. The maximum atomic E-state index is 15.7. The Morgan fingerprint density at radius 2 is 1.85 bits per heavy atom. The lowest BCUT2D eigenvalue weighted by atomic mass is 9.95. The third-order valence-electron chi connectivity index (χ3n) is 7.05. The second kappa shape index (κ2) is 10.8. The number of amides is 3. The average Bonchev–Trinajstić information content (AvgIpc) is 2.87. The number of nitrogens with one attached hydrogen (secondary N) is 1. The topological polar surface area (TPSA) is 114 Å². The SMILES string of the molecule is CC(=O)N1CC(OC(=O)Nc2cc3cc(-c4cnc5c(c4C)N(C(=O)OC(C)(C)C)CCC5)c(F)c(Cl)c3cn2)C1. The minimum Gasteiger partial charge on any atom is -0.443 e. The molecule has 4 heterocycles. The summed E-state index contributed by atoms with van der Waals surface area (Å²) in [7, 11) is 0. The molecule has 0 unspecified atom stereocenters. The van der Waals surface area contributed by atoms with Crippen LogP contribution in [-0.2, 0) is 20.7 Å². The van der Waals surface area contributed by atoms with Gasteiger partial charge in [-0.2, -0.15) is 0 Å². The molecule has 0 saturated carbocycles. The van der Waals surface area contributed by atoms with Crippen LogP contribution in [-0.4, -0.2) is 64.3 Å². The first-order valence-corrected chi connectivity index (χ1v) is 13.7. The highest BCUT2D eigenvalue weighted by molar-refractivity contribution is 6.36. The van der Waals surface area contributed by atoms with Gasteiger partial charge in [-0.05, 0) is 63.6 Å². The molecule has 5 rings (SSSR count). The van der Waals surface area contributed by atoms with Crippen molar-refractivity contribution in [2.45, 2.75) is 59.2 Å². The van der Waals surface area contributed by atoms with E-state index in [4.69, 9.17) is 21.1 Å². The van der Waals surface area contributed by atoms with Crippen molar-refractivity contribution in [1.82, 2.24) is 14.9 Å². The molecule has 0 spiro atoms. The van der Waals surface area contributed by atoms with Crippen LogP contribution in [0, 0.1) is 12.7 Å². The number of aromatic nitrogens is 2. The summed E-state index contributed by atoms with van der Waals surface area (Å²) in [6, 6.07) is 3.19. The standard InChI is InChI=1S/C29H31ClFN5O5/c1-15-20(11-32-22-7-6-8-36(26(15)22)28(39)41-29(3,4)5)19-9-17-10-23(33-12-21(17)24(30)25(19)31)34-27(38)40-18-13-35(14-18)16(2)37/h9-12,18H,6-8,13-14H2,1-5H3,(H,33,34,38). The van der Waals surface area contributed by atoms with Gasteiger partial charge in [-0.3, -0.25) is 20.0 Å². The number of rotatable bonds is 3. The number of nitrogens with zero attached hydrogens (tertiary/aromatic N) is 4. The van der Waals surface area contributed by atoms with E-state index in [0.29, 0.717) is 53.6 Å². The minimum absolute atomic E-state index is 0.0803. The van der Waals surface area contributed by atoms with E-state index in [1.165, 1.54) is 13.1 Å². The largest absolute Gasteiger partial charge is 0.443 e. The van der Waals surface area contributed by atoms with Crippen LogP contribution in [0.4, 0.5) is 25.5 Å². The van der Waals surface area contributed by atoms with Crippen molar-refractivity contribution in [3.05, 3.63) is 46.6 Å². The summed E-state index contributed by atoms with van der Waals surface area (Å²) in [5, 5.41) is 3.35. The maximum absolute atomic E-state index is 15.7. The fourth-order valence-corrected chi connectivity index (χ4v) is 5.28. The van der Waals surface area contributed by atoms with Crippen molar-refractivity contribution in [3.8, 4) is 11.1 Å². The number of anilines is 2. The van der Waals surface area contributed by atoms with E-state index in [0.717, 1.165) is 12.1 Å². The van der Waals surface area contributed by atoms with E-state index in [2.05, 4.69) is 15.3 Å². The number of aryl methyl sites for hydroxylation is 1. The number of hydrogen-bond donors (Lipinski definition) is 1. The van der Waals surface area contributed by atoms with Crippen molar-refractivity contribution < 1.29 is 28.2 Å². The first-order valence-electron chi connectivity index (χ1n) is 13.3. The molecule has 1 fully saturated rings. The van der Waals surface area contributed by atoms with Gasteiger partial charge in [0.2, 0.25) is 5.91 Å². The number of halogens is 2. The Kier molecular flexibility index (Phi) is 7.50. The summed E-state index contributed by atoms with van der Waals surface area (Å²) in [6.07, 6.45) is 2.79. The lowest BCUT2D eigenvalue weighted by molar-refractivity contribution is -0.138. The zero-order valence-electron chi connectivity index (χ0n) is 23.5. The van der Waals surface area contributed by atoms with Gasteiger partial charge in [0.05, 0.1) is 29.5 Å². The van der Waals surface area contributed by atoms with Crippen LogP contribution in [0.15, 0.2) is 24.5 Å². The number of carbonyl (C=O) groups excluding carboxylic acids is 3. The molecule has 10 nitrogen and oxygen atoms in total. The molecule has 0 bridgehead atoms. The van der Waals surface area contributed by atoms with Gasteiger partial charge >= 0.3 is 12.2 Å². The maximum Gasteiger partial charge on any atom is 0.414 e. The minimum atomic E-state index is -0.713. The van der Waals surface area contributed by atoms with Crippen LogP contribution in [0.3, 0.4) is 0 Å². The van der Waals surface area contributed by atoms with Gasteiger partial charge in [0.1, 0.15) is 23.3 Å². The van der Waals surface area contributed by atoms with Crippen LogP contribution >= 0.6 is 11.6 Å². The van der Waals surface area contributed by atoms with Gasteiger partial charge in [-0.25, -0.2) is 19.0 Å². The summed E-state index contributed by atoms with van der Waals surface area (Å²) in [5.74, 6) is -0.538. The fourth-order valence-electron chi connectivity index (χ4n) is 5.02. The molecule has 1 aromatic carbocycles. The Morgan fingerprint density at radius 3 is 2.54 bits per heavy atom. The molecule has 0 radical (unpaired) electrons. The summed E-state index contributed by atoms with van der Waals surface area (Å²) in [5.41, 5.74) is 2.02. The molecule has 2 aliphatic heterocycles. The molecule has 1 N–H and O–H groups in total. The number of benzene rings is 1. The third kappa shape index (κ3) is 5.76. The summed E-state index contributed by atoms with van der Waals surface area (Å²) >= 11 is 6.46. The van der Waals surface area contributed by atoms with Crippen molar-refractivity contribution >= 4 is 52.0 Å². The summed E-state index contributed by atoms with van der Waals surface area (Å²) in [4.78, 5) is 48.6. The van der Waals surface area contributed by atoms with Crippen LogP contribution in [0.2, 0.25) is 5.02 Å². The van der Waals surface area contributed by atoms with Gasteiger partial charge in [0.15, 0.2) is 0 Å². The van der Waals surface area contributed by atoms with E-state index in [9.17, 15) is 14.4 Å². The van der Waals surface area contributed by atoms with Crippen molar-refractivity contribution in [2.24, 2.45) is 0 Å². The number of fused-ring (bicyclic) bond motifs is 2. The second-order valence-corrected chi connectivity index (χ2v) is 11.6. The molecule has 3 amide bonds. The Labute approximate surface area is 241 Å². The third-order valence-corrected chi connectivity index (χ3v) is 7.42. The Bertz CT molecular complexity index is 1570. The Morgan fingerprint density at radius 1 is 1.12 bits per heavy atom. The first-order chi connectivity index (χ1) is 19.3. The second-order valence-electron chi connectivity index (χ2n) is 11.2. The molecule has 0 aliphatic carbocycles. The molecule has 1 saturated heterocycles. The molecule has 41 heavy (non-hydrogen) atoms. The quantitative estimate of drug-likeness (QED) is 0.410. The van der Waals surface area contributed by atoms with Crippen LogP contribution in [0.5, 0.6) is 0 Å². The van der Waals surface area contributed by atoms with E-state index in [1.54, 1.807) is 48.9 Å². The normalized spacial score (nSPS) is 15.3. The lowest BCUT2D eigenvalue weighted by Crippen LogP contribution is -2.54. The zero-order valence-corrected chi connectivity index (χ0v) is 24.3. The van der Waals surface area contributed by atoms with E-state index < -0.39 is 29.7 Å². The summed E-state index contributed by atoms with van der Waals surface area (Å²) < 4.78 is 26.6. The van der Waals surface area contributed by atoms with E-state index >= 15 is 4.39 Å². The number of likely N-dealkylation sites (tertiary alicyclic amines) is 1. The van der Waals surface area contributed by atoms with Crippen molar-refractivity contribution in [1.29, 1.82) is 0 Å². The number of pyridine rings is 2. The molecular formula is C29H31ClFN5O5. The molecule has 216 valence electrons. The number of carbonyl (C=O) groups is 3. The highest BCUT2D eigenvalue weighted by Gasteiger charge is 2.32. The van der Waals surface area contributed by atoms with Crippen LogP contribution in [0.25, 0.3) is 21.9 Å². The van der Waals surface area contributed by atoms with Gasteiger partial charge in [-0.15, -0.1) is 0 Å². The molecule has 3 aromatic rings. The first kappa shape index (κ1) is 28.5. The van der Waals surface area contributed by atoms with Crippen LogP contribution < -0.4 is 10.2 Å². The van der Waals surface area contributed by atoms with Gasteiger partial charge in [0.25, 0.3) is 0 Å². The number of hydrogen-bond acceptors (Lipinski definition) is 7. The predicted molar refractivity (Wildman–Crippen MR) is 153 cm³/mol. The summed E-state index contributed by atoms with van der Waals surface area (Å²) in [6.45, 7) is 9.82. The van der Waals surface area contributed by atoms with Gasteiger partial charge in [-0.1, -0.05) is 11.6 Å². The number of ether oxygens (including phenoxy) is 2. The van der Waals surface area contributed by atoms with Gasteiger partial charge < -0.3 is 14.4 Å². The van der Waals surface area contributed by atoms with E-state index in [-0.39, 0.29) is 22.3 Å².